The summed E-state index contributed by atoms with van der Waals surface area (Å²) in [7, 11) is 1.81. The summed E-state index contributed by atoms with van der Waals surface area (Å²) in [6.45, 7) is 6.43. The van der Waals surface area contributed by atoms with Crippen molar-refractivity contribution in [2.45, 2.75) is 20.3 Å². The molecule has 0 bridgehead atoms. The van der Waals surface area contributed by atoms with Gasteiger partial charge in [-0.25, -0.2) is 0 Å². The largest absolute Gasteiger partial charge is 0.356 e. The van der Waals surface area contributed by atoms with Gasteiger partial charge in [0.15, 0.2) is 5.96 Å². The van der Waals surface area contributed by atoms with E-state index >= 15 is 0 Å². The molecule has 0 aliphatic rings. The van der Waals surface area contributed by atoms with Crippen LogP contribution in [0.4, 0.5) is 0 Å². The highest BCUT2D eigenvalue weighted by molar-refractivity contribution is 14.0. The molecule has 0 rings (SSSR count). The Bertz CT molecular complexity index is 163. The average Bonchev–Trinajstić information content (AvgIpc) is 2.15. The van der Waals surface area contributed by atoms with E-state index in [2.05, 4.69) is 35.7 Å². The highest BCUT2D eigenvalue weighted by Gasteiger charge is 1.97. The molecule has 0 spiro atoms. The van der Waals surface area contributed by atoms with Crippen LogP contribution in [0.25, 0.3) is 0 Å². The molecule has 0 aliphatic heterocycles. The SMILES string of the molecule is CN=C(NCCSC)NCCC(C)C.I. The molecule has 0 saturated carbocycles. The van der Waals surface area contributed by atoms with Gasteiger partial charge in [-0.05, 0) is 18.6 Å². The van der Waals surface area contributed by atoms with Gasteiger partial charge in [-0.2, -0.15) is 11.8 Å². The number of guanidine groups is 1. The molecular weight excluding hydrogens is 321 g/mol. The molecule has 0 aromatic carbocycles. The molecule has 0 aliphatic carbocycles. The van der Waals surface area contributed by atoms with Crippen molar-refractivity contribution in [2.75, 3.05) is 32.1 Å². The lowest BCUT2D eigenvalue weighted by molar-refractivity contribution is 0.574. The Kier molecular flexibility index (Phi) is 14.7. The van der Waals surface area contributed by atoms with Gasteiger partial charge in [0.05, 0.1) is 0 Å². The second-order valence-electron chi connectivity index (χ2n) is 3.60. The summed E-state index contributed by atoms with van der Waals surface area (Å²) < 4.78 is 0. The molecule has 0 aromatic heterocycles. The number of rotatable bonds is 6. The van der Waals surface area contributed by atoms with Crippen LogP contribution in [-0.4, -0.2) is 38.1 Å². The molecule has 2 N–H and O–H groups in total. The maximum Gasteiger partial charge on any atom is 0.191 e. The molecule has 0 radical (unpaired) electrons. The van der Waals surface area contributed by atoms with Gasteiger partial charge >= 0.3 is 0 Å². The number of aliphatic imine (C=N–C) groups is 1. The zero-order valence-corrected chi connectivity index (χ0v) is 13.3. The summed E-state index contributed by atoms with van der Waals surface area (Å²) in [5.74, 6) is 2.77. The quantitative estimate of drug-likeness (QED) is 0.335. The van der Waals surface area contributed by atoms with Gasteiger partial charge < -0.3 is 10.6 Å². The number of hydrogen-bond donors (Lipinski definition) is 2. The normalized spacial score (nSPS) is 11.1. The lowest BCUT2D eigenvalue weighted by Crippen LogP contribution is -2.39. The summed E-state index contributed by atoms with van der Waals surface area (Å²) in [6, 6.07) is 0. The average molecular weight is 345 g/mol. The van der Waals surface area contributed by atoms with Crippen molar-refractivity contribution < 1.29 is 0 Å². The zero-order chi connectivity index (χ0) is 10.8. The summed E-state index contributed by atoms with van der Waals surface area (Å²) >= 11 is 1.84. The highest BCUT2D eigenvalue weighted by Crippen LogP contribution is 1.95. The minimum Gasteiger partial charge on any atom is -0.356 e. The fraction of sp³-hybridized carbons (Fsp3) is 0.900. The molecule has 0 saturated heterocycles. The van der Waals surface area contributed by atoms with E-state index in [1.165, 1.54) is 6.42 Å². The molecule has 0 fully saturated rings. The number of thioether (sulfide) groups is 1. The van der Waals surface area contributed by atoms with E-state index in [1.807, 2.05) is 18.8 Å². The predicted molar refractivity (Wildman–Crippen MR) is 82.6 cm³/mol. The van der Waals surface area contributed by atoms with Crippen molar-refractivity contribution in [3.05, 3.63) is 0 Å². The second-order valence-corrected chi connectivity index (χ2v) is 4.59. The minimum absolute atomic E-state index is 0. The summed E-state index contributed by atoms with van der Waals surface area (Å²) in [6.07, 6.45) is 3.29. The van der Waals surface area contributed by atoms with Gasteiger partial charge in [-0.3, -0.25) is 4.99 Å². The van der Waals surface area contributed by atoms with Gasteiger partial charge in [0.25, 0.3) is 0 Å². The van der Waals surface area contributed by atoms with Crippen LogP contribution in [0.1, 0.15) is 20.3 Å². The van der Waals surface area contributed by atoms with Crippen LogP contribution in [-0.2, 0) is 0 Å². The van der Waals surface area contributed by atoms with Gasteiger partial charge in [0.2, 0.25) is 0 Å². The molecule has 0 atom stereocenters. The molecule has 0 aromatic rings. The van der Waals surface area contributed by atoms with E-state index in [9.17, 15) is 0 Å². The van der Waals surface area contributed by atoms with E-state index < -0.39 is 0 Å². The first-order valence-electron chi connectivity index (χ1n) is 5.14. The standard InChI is InChI=1S/C10H23N3S.HI/c1-9(2)5-6-12-10(11-3)13-7-8-14-4;/h9H,5-8H2,1-4H3,(H2,11,12,13);1H. The maximum atomic E-state index is 4.14. The van der Waals surface area contributed by atoms with Crippen LogP contribution < -0.4 is 10.6 Å². The number of nitrogens with zero attached hydrogens (tertiary/aromatic N) is 1. The van der Waals surface area contributed by atoms with Crippen LogP contribution in [0.5, 0.6) is 0 Å². The van der Waals surface area contributed by atoms with Crippen molar-refractivity contribution in [2.24, 2.45) is 10.9 Å². The monoisotopic (exact) mass is 345 g/mol. The minimum atomic E-state index is 0. The van der Waals surface area contributed by atoms with Crippen molar-refractivity contribution >= 4 is 41.7 Å². The smallest absolute Gasteiger partial charge is 0.191 e. The molecule has 0 heterocycles. The summed E-state index contributed by atoms with van der Waals surface area (Å²) in [5.41, 5.74) is 0. The molecular formula is C10H24IN3S. The Morgan fingerprint density at radius 2 is 1.87 bits per heavy atom. The second kappa shape index (κ2) is 12.4. The zero-order valence-electron chi connectivity index (χ0n) is 10.2. The third kappa shape index (κ3) is 12.3. The van der Waals surface area contributed by atoms with Gasteiger partial charge in [-0.1, -0.05) is 13.8 Å². The summed E-state index contributed by atoms with van der Waals surface area (Å²) in [5, 5.41) is 6.55. The third-order valence-electron chi connectivity index (χ3n) is 1.84. The predicted octanol–water partition coefficient (Wildman–Crippen LogP) is 2.18. The van der Waals surface area contributed by atoms with Crippen molar-refractivity contribution in [1.82, 2.24) is 10.6 Å². The van der Waals surface area contributed by atoms with E-state index in [0.29, 0.717) is 0 Å². The highest BCUT2D eigenvalue weighted by atomic mass is 127. The van der Waals surface area contributed by atoms with E-state index in [-0.39, 0.29) is 24.0 Å². The molecule has 5 heteroatoms. The first-order valence-corrected chi connectivity index (χ1v) is 6.53. The van der Waals surface area contributed by atoms with Crippen LogP contribution in [0.3, 0.4) is 0 Å². The van der Waals surface area contributed by atoms with Crippen molar-refractivity contribution in [3.63, 3.8) is 0 Å². The van der Waals surface area contributed by atoms with Crippen molar-refractivity contribution in [3.8, 4) is 0 Å². The number of nitrogens with one attached hydrogen (secondary N) is 2. The first-order chi connectivity index (χ1) is 6.70. The first kappa shape index (κ1) is 17.7. The number of halogens is 1. The fourth-order valence-corrected chi connectivity index (χ4v) is 1.28. The Balaban J connectivity index is 0. The van der Waals surface area contributed by atoms with Crippen LogP contribution in [0, 0.1) is 5.92 Å². The van der Waals surface area contributed by atoms with Gasteiger partial charge in [-0.15, -0.1) is 24.0 Å². The molecule has 0 unspecified atom stereocenters. The molecule has 15 heavy (non-hydrogen) atoms. The lowest BCUT2D eigenvalue weighted by Gasteiger charge is -2.12. The fourth-order valence-electron chi connectivity index (χ4n) is 0.971. The van der Waals surface area contributed by atoms with Crippen LogP contribution in [0.15, 0.2) is 4.99 Å². The number of hydrogen-bond acceptors (Lipinski definition) is 2. The molecule has 0 amide bonds. The van der Waals surface area contributed by atoms with Crippen LogP contribution >= 0.6 is 35.7 Å². The third-order valence-corrected chi connectivity index (χ3v) is 2.45. The topological polar surface area (TPSA) is 36.4 Å². The van der Waals surface area contributed by atoms with Crippen LogP contribution in [0.2, 0.25) is 0 Å². The van der Waals surface area contributed by atoms with E-state index in [4.69, 9.17) is 0 Å². The lowest BCUT2D eigenvalue weighted by atomic mass is 10.1. The Labute approximate surface area is 115 Å². The summed E-state index contributed by atoms with van der Waals surface area (Å²) in [4.78, 5) is 4.14. The van der Waals surface area contributed by atoms with Gasteiger partial charge in [0.1, 0.15) is 0 Å². The molecule has 3 nitrogen and oxygen atoms in total. The molecule has 92 valence electrons. The van der Waals surface area contributed by atoms with Crippen molar-refractivity contribution in [1.29, 1.82) is 0 Å². The van der Waals surface area contributed by atoms with Gasteiger partial charge in [0, 0.05) is 25.9 Å². The Morgan fingerprint density at radius 1 is 1.27 bits per heavy atom. The van der Waals surface area contributed by atoms with E-state index in [0.717, 1.165) is 30.7 Å². The van der Waals surface area contributed by atoms with E-state index in [1.54, 1.807) is 0 Å². The Hall–Kier alpha value is 0.350. The maximum absolute atomic E-state index is 4.14. The Morgan fingerprint density at radius 3 is 2.33 bits per heavy atom.